The summed E-state index contributed by atoms with van der Waals surface area (Å²) in [6, 6.07) is 0. The Balaban J connectivity index is 6.31. The SMILES string of the molecule is CC(C)(C)P(C[Si](C)(C)N[Si](C)(C)C[P+](/C=C/[Si](C)(C)C)(C(C)(C)C)C(C)(C)C)C(C)(C)C. The Morgan fingerprint density at radius 1 is 0.636 bits per heavy atom. The van der Waals surface area contributed by atoms with E-state index in [1.807, 2.05) is 0 Å². The van der Waals surface area contributed by atoms with Crippen LogP contribution in [0.1, 0.15) is 83.1 Å². The van der Waals surface area contributed by atoms with Gasteiger partial charge in [0.05, 0.1) is 30.0 Å². The fourth-order valence-electron chi connectivity index (χ4n) is 5.83. The van der Waals surface area contributed by atoms with Crippen molar-refractivity contribution < 1.29 is 0 Å². The summed E-state index contributed by atoms with van der Waals surface area (Å²) in [4.78, 5) is 0. The predicted molar refractivity (Wildman–Crippen MR) is 173 cm³/mol. The van der Waals surface area contributed by atoms with Gasteiger partial charge in [-0.2, -0.15) is 0 Å². The van der Waals surface area contributed by atoms with Crippen molar-refractivity contribution >= 4 is 39.7 Å². The summed E-state index contributed by atoms with van der Waals surface area (Å²) >= 11 is 0. The van der Waals surface area contributed by atoms with Crippen LogP contribution in [-0.4, -0.2) is 56.7 Å². The second-order valence-electron chi connectivity index (χ2n) is 16.9. The van der Waals surface area contributed by atoms with Crippen LogP contribution in [0.5, 0.6) is 0 Å². The van der Waals surface area contributed by atoms with Crippen LogP contribution in [0.2, 0.25) is 45.8 Å². The minimum absolute atomic E-state index is 0.0621. The molecule has 0 amide bonds. The molecule has 0 spiro atoms. The van der Waals surface area contributed by atoms with Crippen LogP contribution >= 0.6 is 15.2 Å². The summed E-state index contributed by atoms with van der Waals surface area (Å²) in [5, 5.41) is 1.45. The van der Waals surface area contributed by atoms with E-state index in [0.717, 1.165) is 0 Å². The summed E-state index contributed by atoms with van der Waals surface area (Å²) in [6.45, 7) is 48.1. The largest absolute Gasteiger partial charge is 0.357 e. The van der Waals surface area contributed by atoms with Crippen LogP contribution in [0.4, 0.5) is 0 Å². The lowest BCUT2D eigenvalue weighted by Crippen LogP contribution is -2.64. The predicted octanol–water partition coefficient (Wildman–Crippen LogP) is 10.1. The van der Waals surface area contributed by atoms with Crippen molar-refractivity contribution in [3.8, 4) is 0 Å². The second-order valence-corrected chi connectivity index (χ2v) is 41.3. The van der Waals surface area contributed by atoms with Crippen LogP contribution < -0.4 is 4.65 Å². The summed E-state index contributed by atoms with van der Waals surface area (Å²) < 4.78 is 4.50. The monoisotopic (exact) mass is 548 g/mol. The standard InChI is InChI=1S/C27H64NP2Si3/c1-24(2,3)29(25(4,5)6)22-32(16,17)28-33(18,19)23-30(26(7,8)9,27(10,11)12)20-21-31(13,14)15/h20-21,28H,22-23H2,1-19H3/q+1/b21-20+. The number of hydrogen-bond donors (Lipinski definition) is 1. The quantitative estimate of drug-likeness (QED) is 0.235. The Hall–Kier alpha value is 1.21. The van der Waals surface area contributed by atoms with Gasteiger partial charge >= 0.3 is 0 Å². The molecule has 1 nitrogen and oxygen atoms in total. The maximum absolute atomic E-state index is 4.50. The molecule has 0 atom stereocenters. The van der Waals surface area contributed by atoms with Gasteiger partial charge in [0, 0.05) is 7.26 Å². The molecule has 1 N–H and O–H groups in total. The van der Waals surface area contributed by atoms with Crippen molar-refractivity contribution in [3.63, 3.8) is 0 Å². The highest BCUT2D eigenvalue weighted by Gasteiger charge is 2.59. The van der Waals surface area contributed by atoms with Gasteiger partial charge in [0.2, 0.25) is 0 Å². The number of hydrogen-bond acceptors (Lipinski definition) is 1. The van der Waals surface area contributed by atoms with Gasteiger partial charge in [-0.25, -0.2) is 0 Å². The van der Waals surface area contributed by atoms with Gasteiger partial charge in [0.25, 0.3) is 0 Å². The minimum atomic E-state index is -1.64. The highest BCUT2D eigenvalue weighted by atomic mass is 31.2. The molecule has 0 aliphatic carbocycles. The molecule has 0 aromatic carbocycles. The molecule has 0 bridgehead atoms. The van der Waals surface area contributed by atoms with Gasteiger partial charge in [0.1, 0.15) is 8.24 Å². The summed E-state index contributed by atoms with van der Waals surface area (Å²) in [5.74, 6) is 5.64. The molecule has 0 saturated heterocycles. The van der Waals surface area contributed by atoms with Crippen LogP contribution in [-0.2, 0) is 0 Å². The Bertz CT molecular complexity index is 636. The van der Waals surface area contributed by atoms with E-state index in [4.69, 9.17) is 0 Å². The van der Waals surface area contributed by atoms with Crippen molar-refractivity contribution in [1.29, 1.82) is 0 Å². The maximum atomic E-state index is 4.50. The van der Waals surface area contributed by atoms with Crippen LogP contribution in [0.15, 0.2) is 11.5 Å². The molecule has 0 aromatic heterocycles. The molecule has 0 saturated carbocycles. The van der Waals surface area contributed by atoms with Crippen molar-refractivity contribution in [2.45, 2.75) is 150 Å². The third kappa shape index (κ3) is 10.6. The lowest BCUT2D eigenvalue weighted by atomic mass is 10.2. The normalized spacial score (nSPS) is 16.2. The first kappa shape index (κ1) is 34.2. The van der Waals surface area contributed by atoms with E-state index in [9.17, 15) is 0 Å². The average Bonchev–Trinajstić information content (AvgIpc) is 2.42. The topological polar surface area (TPSA) is 12.0 Å². The van der Waals surface area contributed by atoms with Crippen LogP contribution in [0.25, 0.3) is 0 Å². The summed E-state index contributed by atoms with van der Waals surface area (Å²) in [7, 11) is -5.90. The van der Waals surface area contributed by atoms with E-state index in [0.29, 0.717) is 20.6 Å². The lowest BCUT2D eigenvalue weighted by Gasteiger charge is -2.50. The Labute approximate surface area is 216 Å². The van der Waals surface area contributed by atoms with Crippen LogP contribution in [0.3, 0.4) is 0 Å². The molecule has 6 heteroatoms. The van der Waals surface area contributed by atoms with E-state index < -0.39 is 31.8 Å². The van der Waals surface area contributed by atoms with Crippen molar-refractivity contribution in [2.75, 3.05) is 11.6 Å². The van der Waals surface area contributed by atoms with Gasteiger partial charge in [-0.15, -0.1) is 0 Å². The molecule has 0 radical (unpaired) electrons. The maximum Gasteiger partial charge on any atom is 0.155 e. The molecule has 0 heterocycles. The molecule has 0 unspecified atom stereocenters. The molecule has 33 heavy (non-hydrogen) atoms. The first-order chi connectivity index (χ1) is 14.0. The van der Waals surface area contributed by atoms with Crippen LogP contribution in [0, 0.1) is 0 Å². The molecule has 0 aliphatic heterocycles. The van der Waals surface area contributed by atoms with Crippen molar-refractivity contribution in [2.24, 2.45) is 0 Å². The zero-order valence-electron chi connectivity index (χ0n) is 26.5. The zero-order chi connectivity index (χ0) is 27.1. The molecule has 0 aromatic rings. The third-order valence-electron chi connectivity index (χ3n) is 6.72. The highest BCUT2D eigenvalue weighted by Crippen LogP contribution is 2.78. The highest BCUT2D eigenvalue weighted by molar-refractivity contribution is 7.83. The summed E-state index contributed by atoms with van der Waals surface area (Å²) in [5.41, 5.74) is 2.68. The van der Waals surface area contributed by atoms with Gasteiger partial charge < -0.3 is 4.65 Å². The van der Waals surface area contributed by atoms with Gasteiger partial charge in [-0.3, -0.25) is 0 Å². The second kappa shape index (κ2) is 10.5. The van der Waals surface area contributed by atoms with E-state index in [1.165, 1.54) is 11.6 Å². The third-order valence-corrected chi connectivity index (χ3v) is 31.8. The van der Waals surface area contributed by atoms with Gasteiger partial charge in [0.15, 0.2) is 8.24 Å². The Kier molecular flexibility index (Phi) is 10.9. The Morgan fingerprint density at radius 3 is 1.27 bits per heavy atom. The van der Waals surface area contributed by atoms with E-state index in [2.05, 4.69) is 145 Å². The number of nitrogens with one attached hydrogen (secondary N) is 1. The molecular weight excluding hydrogens is 485 g/mol. The molecule has 0 fully saturated rings. The number of rotatable bonds is 8. The van der Waals surface area contributed by atoms with E-state index in [1.54, 1.807) is 0 Å². The van der Waals surface area contributed by atoms with E-state index >= 15 is 0 Å². The average molecular weight is 549 g/mol. The molecule has 198 valence electrons. The van der Waals surface area contributed by atoms with Gasteiger partial charge in [-0.1, -0.05) is 101 Å². The Morgan fingerprint density at radius 2 is 1.00 bits per heavy atom. The minimum Gasteiger partial charge on any atom is -0.357 e. The molecule has 0 aliphatic rings. The first-order valence-corrected chi connectivity index (χ1v) is 26.7. The fourth-order valence-corrected chi connectivity index (χ4v) is 39.1. The van der Waals surface area contributed by atoms with E-state index in [-0.39, 0.29) is 7.92 Å². The fraction of sp³-hybridized carbons (Fsp3) is 0.926. The first-order valence-electron chi connectivity index (χ1n) is 13.1. The zero-order valence-corrected chi connectivity index (χ0v) is 31.3. The summed E-state index contributed by atoms with van der Waals surface area (Å²) in [6.07, 6.45) is 0. The lowest BCUT2D eigenvalue weighted by molar-refractivity contribution is 0.695. The van der Waals surface area contributed by atoms with Crippen molar-refractivity contribution in [1.82, 2.24) is 4.65 Å². The van der Waals surface area contributed by atoms with Crippen molar-refractivity contribution in [3.05, 3.63) is 11.5 Å². The molecule has 0 rings (SSSR count). The molecular formula is C27H64NP2Si3+. The smallest absolute Gasteiger partial charge is 0.155 e. The van der Waals surface area contributed by atoms with Gasteiger partial charge in [-0.05, 0) is 57.6 Å².